The van der Waals surface area contributed by atoms with E-state index in [0.717, 1.165) is 30.3 Å². The van der Waals surface area contributed by atoms with Crippen molar-refractivity contribution in [1.29, 1.82) is 0 Å². The van der Waals surface area contributed by atoms with Crippen LogP contribution in [0, 0.1) is 0 Å². The molecule has 0 fully saturated rings. The highest BCUT2D eigenvalue weighted by atomic mass is 32.2. The van der Waals surface area contributed by atoms with E-state index in [9.17, 15) is 0 Å². The molecule has 0 unspecified atom stereocenters. The molecule has 0 aliphatic heterocycles. The molecule has 0 atom stereocenters. The van der Waals surface area contributed by atoms with Crippen LogP contribution in [0.25, 0.3) is 0 Å². The van der Waals surface area contributed by atoms with Gasteiger partial charge in [0.05, 0.1) is 5.75 Å². The Hall–Kier alpha value is -0.620. The molecule has 13 heavy (non-hydrogen) atoms. The Bertz CT molecular complexity index is 237. The summed E-state index contributed by atoms with van der Waals surface area (Å²) < 4.78 is 1.85. The van der Waals surface area contributed by atoms with Crippen molar-refractivity contribution in [2.24, 2.45) is 5.73 Å². The van der Waals surface area contributed by atoms with Crippen LogP contribution in [0.5, 0.6) is 0 Å². The third kappa shape index (κ3) is 3.31. The van der Waals surface area contributed by atoms with Crippen molar-refractivity contribution < 1.29 is 0 Å². The monoisotopic (exact) mass is 201 g/mol. The number of aromatic nitrogens is 4. The minimum Gasteiger partial charge on any atom is -0.330 e. The molecule has 1 heterocycles. The fourth-order valence-corrected chi connectivity index (χ4v) is 1.66. The number of nitrogens with zero attached hydrogens (tertiary/aromatic N) is 4. The predicted octanol–water partition coefficient (Wildman–Crippen LogP) is 0.275. The van der Waals surface area contributed by atoms with E-state index in [1.807, 2.05) is 4.68 Å². The van der Waals surface area contributed by atoms with Crippen LogP contribution in [0.15, 0.2) is 0 Å². The number of rotatable bonds is 6. The van der Waals surface area contributed by atoms with Gasteiger partial charge in [-0.3, -0.25) is 0 Å². The topological polar surface area (TPSA) is 69.6 Å². The molecule has 1 aromatic heterocycles. The molecule has 0 spiro atoms. The van der Waals surface area contributed by atoms with E-state index in [2.05, 4.69) is 22.4 Å². The summed E-state index contributed by atoms with van der Waals surface area (Å²) in [4.78, 5) is 0. The summed E-state index contributed by atoms with van der Waals surface area (Å²) in [6.07, 6.45) is 1.06. The normalized spacial score (nSPS) is 10.6. The lowest BCUT2D eigenvalue weighted by Gasteiger charge is -2.01. The van der Waals surface area contributed by atoms with Gasteiger partial charge < -0.3 is 5.73 Å². The zero-order chi connectivity index (χ0) is 9.52. The molecule has 0 bridgehead atoms. The first-order valence-electron chi connectivity index (χ1n) is 4.41. The number of hydrogen-bond acceptors (Lipinski definition) is 5. The summed E-state index contributed by atoms with van der Waals surface area (Å²) in [7, 11) is 0. The van der Waals surface area contributed by atoms with Gasteiger partial charge in [0, 0.05) is 18.8 Å². The van der Waals surface area contributed by atoms with Crippen LogP contribution in [0.1, 0.15) is 19.2 Å². The van der Waals surface area contributed by atoms with Gasteiger partial charge in [-0.05, 0) is 16.8 Å². The van der Waals surface area contributed by atoms with Gasteiger partial charge in [-0.25, -0.2) is 4.68 Å². The van der Waals surface area contributed by atoms with Gasteiger partial charge in [0.2, 0.25) is 0 Å². The highest BCUT2D eigenvalue weighted by molar-refractivity contribution is 7.98. The lowest BCUT2D eigenvalue weighted by atomic mass is 10.5. The van der Waals surface area contributed by atoms with Crippen molar-refractivity contribution in [1.82, 2.24) is 20.2 Å². The molecule has 1 rings (SSSR count). The largest absolute Gasteiger partial charge is 0.330 e. The first-order valence-corrected chi connectivity index (χ1v) is 5.56. The molecule has 0 aromatic carbocycles. The predicted molar refractivity (Wildman–Crippen MR) is 53.3 cm³/mol. The number of tetrazole rings is 1. The lowest BCUT2D eigenvalue weighted by molar-refractivity contribution is 0.564. The van der Waals surface area contributed by atoms with Gasteiger partial charge in [-0.15, -0.1) is 5.10 Å². The fourth-order valence-electron chi connectivity index (χ4n) is 0.959. The fraction of sp³-hybridized carbons (Fsp3) is 0.857. The van der Waals surface area contributed by atoms with Crippen molar-refractivity contribution in [3.8, 4) is 0 Å². The average Bonchev–Trinajstić information content (AvgIpc) is 2.54. The van der Waals surface area contributed by atoms with Crippen molar-refractivity contribution in [2.75, 3.05) is 12.3 Å². The number of hydrogen-bond donors (Lipinski definition) is 1. The van der Waals surface area contributed by atoms with Crippen LogP contribution in [-0.2, 0) is 12.3 Å². The second-order valence-electron chi connectivity index (χ2n) is 2.66. The Labute approximate surface area is 82.1 Å². The summed E-state index contributed by atoms with van der Waals surface area (Å²) >= 11 is 1.76. The maximum atomic E-state index is 5.39. The van der Waals surface area contributed by atoms with E-state index < -0.39 is 0 Å². The van der Waals surface area contributed by atoms with Crippen LogP contribution in [0.2, 0.25) is 0 Å². The SMILES string of the molecule is CCCn1nnnc1CSCCN. The van der Waals surface area contributed by atoms with Gasteiger partial charge in [-0.1, -0.05) is 6.92 Å². The molecular weight excluding hydrogens is 186 g/mol. The summed E-state index contributed by atoms with van der Waals surface area (Å²) in [5.74, 6) is 2.75. The van der Waals surface area contributed by atoms with Gasteiger partial charge in [0.15, 0.2) is 5.82 Å². The lowest BCUT2D eigenvalue weighted by Crippen LogP contribution is -2.06. The summed E-state index contributed by atoms with van der Waals surface area (Å²) in [6, 6.07) is 0. The Morgan fingerprint density at radius 1 is 1.54 bits per heavy atom. The van der Waals surface area contributed by atoms with Gasteiger partial charge in [0.25, 0.3) is 0 Å². The van der Waals surface area contributed by atoms with E-state index in [1.54, 1.807) is 11.8 Å². The van der Waals surface area contributed by atoms with E-state index in [4.69, 9.17) is 5.73 Å². The van der Waals surface area contributed by atoms with E-state index in [1.165, 1.54) is 0 Å². The molecule has 1 aromatic rings. The van der Waals surface area contributed by atoms with Crippen LogP contribution in [0.4, 0.5) is 0 Å². The molecule has 2 N–H and O–H groups in total. The van der Waals surface area contributed by atoms with Gasteiger partial charge in [0.1, 0.15) is 0 Å². The maximum absolute atomic E-state index is 5.39. The molecule has 0 radical (unpaired) electrons. The molecule has 0 amide bonds. The van der Waals surface area contributed by atoms with Gasteiger partial charge in [-0.2, -0.15) is 11.8 Å². The quantitative estimate of drug-likeness (QED) is 0.669. The molecule has 0 saturated carbocycles. The van der Waals surface area contributed by atoms with E-state index in [-0.39, 0.29) is 0 Å². The molecule has 0 saturated heterocycles. The highest BCUT2D eigenvalue weighted by Gasteiger charge is 2.03. The van der Waals surface area contributed by atoms with E-state index >= 15 is 0 Å². The first-order chi connectivity index (χ1) is 6.38. The second kappa shape index (κ2) is 5.93. The molecular formula is C7H15N5S. The summed E-state index contributed by atoms with van der Waals surface area (Å²) in [6.45, 7) is 3.71. The molecule has 0 aliphatic rings. The highest BCUT2D eigenvalue weighted by Crippen LogP contribution is 2.07. The molecule has 74 valence electrons. The van der Waals surface area contributed by atoms with Crippen LogP contribution < -0.4 is 5.73 Å². The van der Waals surface area contributed by atoms with Crippen LogP contribution in [-0.4, -0.2) is 32.5 Å². The minimum atomic E-state index is 0.708. The molecule has 6 heteroatoms. The van der Waals surface area contributed by atoms with Crippen LogP contribution >= 0.6 is 11.8 Å². The van der Waals surface area contributed by atoms with Crippen LogP contribution in [0.3, 0.4) is 0 Å². The summed E-state index contributed by atoms with van der Waals surface area (Å²) in [5.41, 5.74) is 5.39. The molecule has 5 nitrogen and oxygen atoms in total. The van der Waals surface area contributed by atoms with Crippen molar-refractivity contribution in [3.05, 3.63) is 5.82 Å². The number of nitrogens with two attached hydrogens (primary N) is 1. The molecule has 0 aliphatic carbocycles. The van der Waals surface area contributed by atoms with Crippen molar-refractivity contribution in [2.45, 2.75) is 25.6 Å². The maximum Gasteiger partial charge on any atom is 0.161 e. The summed E-state index contributed by atoms with van der Waals surface area (Å²) in [5, 5.41) is 11.5. The Kier molecular flexibility index (Phi) is 4.77. The smallest absolute Gasteiger partial charge is 0.161 e. The van der Waals surface area contributed by atoms with Crippen molar-refractivity contribution in [3.63, 3.8) is 0 Å². The average molecular weight is 201 g/mol. The third-order valence-corrected chi connectivity index (χ3v) is 2.52. The number of aryl methyl sites for hydroxylation is 1. The first kappa shape index (κ1) is 10.5. The Morgan fingerprint density at radius 2 is 2.38 bits per heavy atom. The standard InChI is InChI=1S/C7H15N5S/c1-2-4-12-7(9-10-11-12)6-13-5-3-8/h2-6,8H2,1H3. The minimum absolute atomic E-state index is 0.708. The third-order valence-electron chi connectivity index (χ3n) is 1.53. The van der Waals surface area contributed by atoms with Crippen molar-refractivity contribution >= 4 is 11.8 Å². The Morgan fingerprint density at radius 3 is 3.08 bits per heavy atom. The van der Waals surface area contributed by atoms with Gasteiger partial charge >= 0.3 is 0 Å². The zero-order valence-corrected chi connectivity index (χ0v) is 8.63. The zero-order valence-electron chi connectivity index (χ0n) is 7.81. The second-order valence-corrected chi connectivity index (χ2v) is 3.76. The Balaban J connectivity index is 2.40. The van der Waals surface area contributed by atoms with E-state index in [0.29, 0.717) is 6.54 Å². The number of thioether (sulfide) groups is 1.